The average Bonchev–Trinajstić information content (AvgIpc) is 3.11. The molecule has 0 aliphatic rings. The van der Waals surface area contributed by atoms with Crippen molar-refractivity contribution >= 4 is 17.6 Å². The van der Waals surface area contributed by atoms with Crippen LogP contribution in [0, 0.1) is 0 Å². The van der Waals surface area contributed by atoms with Crippen molar-refractivity contribution in [2.75, 3.05) is 13.6 Å². The molecule has 0 radical (unpaired) electrons. The summed E-state index contributed by atoms with van der Waals surface area (Å²) in [6.07, 6.45) is 0.820. The number of hydrogen-bond acceptors (Lipinski definition) is 4. The highest BCUT2D eigenvalue weighted by molar-refractivity contribution is 6.32. The van der Waals surface area contributed by atoms with E-state index in [0.29, 0.717) is 35.7 Å². The second-order valence-corrected chi connectivity index (χ2v) is 6.67. The van der Waals surface area contributed by atoms with Crippen molar-refractivity contribution in [3.63, 3.8) is 0 Å². The molecule has 0 fully saturated rings. The maximum Gasteiger partial charge on any atom is 0.191 e. The van der Waals surface area contributed by atoms with Crippen LogP contribution in [0.3, 0.4) is 0 Å². The molecule has 0 aliphatic heterocycles. The molecule has 2 aromatic rings. The molecule has 6 nitrogen and oxygen atoms in total. The molecule has 0 spiro atoms. The van der Waals surface area contributed by atoms with Crippen LogP contribution in [0.5, 0.6) is 5.75 Å². The van der Waals surface area contributed by atoms with E-state index in [1.165, 1.54) is 0 Å². The number of rotatable bonds is 8. The Morgan fingerprint density at radius 1 is 1.31 bits per heavy atom. The molecule has 2 rings (SSSR count). The SMILES string of the molecule is CCC(CNC(=NC)NCc1cc(C(C)C)no1)Oc1ccccc1Cl. The molecule has 7 heteroatoms. The topological polar surface area (TPSA) is 71.7 Å². The van der Waals surface area contributed by atoms with Crippen molar-refractivity contribution < 1.29 is 9.26 Å². The Labute approximate surface area is 160 Å². The van der Waals surface area contributed by atoms with Crippen molar-refractivity contribution in [1.29, 1.82) is 0 Å². The molecule has 2 N–H and O–H groups in total. The van der Waals surface area contributed by atoms with E-state index < -0.39 is 0 Å². The summed E-state index contributed by atoms with van der Waals surface area (Å²) in [5.74, 6) is 2.48. The lowest BCUT2D eigenvalue weighted by molar-refractivity contribution is 0.199. The summed E-state index contributed by atoms with van der Waals surface area (Å²) in [6, 6.07) is 9.44. The lowest BCUT2D eigenvalue weighted by Crippen LogP contribution is -2.42. The predicted octanol–water partition coefficient (Wildman–Crippen LogP) is 3.97. The van der Waals surface area contributed by atoms with Crippen LogP contribution in [0.2, 0.25) is 5.02 Å². The van der Waals surface area contributed by atoms with Crippen LogP contribution in [0.15, 0.2) is 39.8 Å². The number of ether oxygens (including phenoxy) is 1. The van der Waals surface area contributed by atoms with Crippen LogP contribution in [0.1, 0.15) is 44.6 Å². The molecule has 142 valence electrons. The summed E-state index contributed by atoms with van der Waals surface area (Å²) in [4.78, 5) is 4.23. The van der Waals surface area contributed by atoms with Crippen LogP contribution in [0.25, 0.3) is 0 Å². The molecule has 0 aliphatic carbocycles. The standard InChI is InChI=1S/C19H27ClN4O2/c1-5-14(25-18-9-7-6-8-16(18)20)11-22-19(21-4)23-12-15-10-17(13(2)3)24-26-15/h6-10,13-14H,5,11-12H2,1-4H3,(H2,21,22,23). The van der Waals surface area contributed by atoms with E-state index >= 15 is 0 Å². The Kier molecular flexibility index (Phi) is 7.78. The summed E-state index contributed by atoms with van der Waals surface area (Å²) in [7, 11) is 1.73. The fourth-order valence-corrected chi connectivity index (χ4v) is 2.46. The summed E-state index contributed by atoms with van der Waals surface area (Å²) in [5.41, 5.74) is 0.948. The van der Waals surface area contributed by atoms with Crippen molar-refractivity contribution in [1.82, 2.24) is 15.8 Å². The zero-order chi connectivity index (χ0) is 18.9. The monoisotopic (exact) mass is 378 g/mol. The van der Waals surface area contributed by atoms with E-state index in [0.717, 1.165) is 17.9 Å². The smallest absolute Gasteiger partial charge is 0.191 e. The largest absolute Gasteiger partial charge is 0.487 e. The van der Waals surface area contributed by atoms with E-state index in [4.69, 9.17) is 20.9 Å². The lowest BCUT2D eigenvalue weighted by atomic mass is 10.1. The zero-order valence-electron chi connectivity index (χ0n) is 15.8. The van der Waals surface area contributed by atoms with Gasteiger partial charge in [-0.25, -0.2) is 0 Å². The van der Waals surface area contributed by atoms with Gasteiger partial charge < -0.3 is 19.9 Å². The number of benzene rings is 1. The van der Waals surface area contributed by atoms with Crippen molar-refractivity contribution in [3.8, 4) is 5.75 Å². The van der Waals surface area contributed by atoms with Gasteiger partial charge in [0.05, 0.1) is 23.8 Å². The van der Waals surface area contributed by atoms with Gasteiger partial charge in [-0.2, -0.15) is 0 Å². The van der Waals surface area contributed by atoms with Gasteiger partial charge in [0.15, 0.2) is 11.7 Å². The molecule has 0 saturated heterocycles. The number of para-hydroxylation sites is 1. The first-order valence-corrected chi connectivity index (χ1v) is 9.22. The van der Waals surface area contributed by atoms with Crippen LogP contribution in [-0.2, 0) is 6.54 Å². The Balaban J connectivity index is 1.83. The fraction of sp³-hybridized carbons (Fsp3) is 0.474. The first-order chi connectivity index (χ1) is 12.5. The summed E-state index contributed by atoms with van der Waals surface area (Å²) in [6.45, 7) is 7.36. The molecule has 1 aromatic carbocycles. The number of guanidine groups is 1. The number of aliphatic imine (C=N–C) groups is 1. The number of nitrogens with one attached hydrogen (secondary N) is 2. The molecule has 0 saturated carbocycles. The summed E-state index contributed by atoms with van der Waals surface area (Å²) < 4.78 is 11.3. The van der Waals surface area contributed by atoms with E-state index in [1.54, 1.807) is 7.05 Å². The fourth-order valence-electron chi connectivity index (χ4n) is 2.28. The van der Waals surface area contributed by atoms with Gasteiger partial charge in [-0.3, -0.25) is 4.99 Å². The Bertz CT molecular complexity index is 715. The highest BCUT2D eigenvalue weighted by atomic mass is 35.5. The summed E-state index contributed by atoms with van der Waals surface area (Å²) in [5, 5.41) is 11.1. The quantitative estimate of drug-likeness (QED) is 0.537. The third-order valence-corrected chi connectivity index (χ3v) is 4.22. The number of aromatic nitrogens is 1. The van der Waals surface area contributed by atoms with Crippen molar-refractivity contribution in [3.05, 3.63) is 46.8 Å². The van der Waals surface area contributed by atoms with Gasteiger partial charge in [0.2, 0.25) is 0 Å². The number of nitrogens with zero attached hydrogens (tertiary/aromatic N) is 2. The van der Waals surface area contributed by atoms with Gasteiger partial charge in [0, 0.05) is 13.1 Å². The van der Waals surface area contributed by atoms with Crippen LogP contribution < -0.4 is 15.4 Å². The van der Waals surface area contributed by atoms with Gasteiger partial charge in [-0.15, -0.1) is 0 Å². The molecular weight excluding hydrogens is 352 g/mol. The second-order valence-electron chi connectivity index (χ2n) is 6.26. The molecule has 0 amide bonds. The summed E-state index contributed by atoms with van der Waals surface area (Å²) >= 11 is 6.16. The molecule has 0 bridgehead atoms. The van der Waals surface area contributed by atoms with E-state index in [1.807, 2.05) is 30.3 Å². The average molecular weight is 379 g/mol. The van der Waals surface area contributed by atoms with Crippen molar-refractivity contribution in [2.24, 2.45) is 4.99 Å². The maximum atomic E-state index is 6.16. The zero-order valence-corrected chi connectivity index (χ0v) is 16.5. The predicted molar refractivity (Wildman–Crippen MR) is 105 cm³/mol. The normalized spacial score (nSPS) is 12.9. The number of halogens is 1. The third kappa shape index (κ3) is 5.95. The van der Waals surface area contributed by atoms with Gasteiger partial charge in [0.25, 0.3) is 0 Å². The first kappa shape index (κ1) is 20.1. The van der Waals surface area contributed by atoms with Gasteiger partial charge in [-0.05, 0) is 24.5 Å². The van der Waals surface area contributed by atoms with Crippen molar-refractivity contribution in [2.45, 2.75) is 45.8 Å². The van der Waals surface area contributed by atoms with E-state index in [9.17, 15) is 0 Å². The molecule has 26 heavy (non-hydrogen) atoms. The Morgan fingerprint density at radius 3 is 2.69 bits per heavy atom. The Morgan fingerprint density at radius 2 is 2.08 bits per heavy atom. The highest BCUT2D eigenvalue weighted by Crippen LogP contribution is 2.24. The van der Waals surface area contributed by atoms with Gasteiger partial charge >= 0.3 is 0 Å². The van der Waals surface area contributed by atoms with Gasteiger partial charge in [-0.1, -0.05) is 49.7 Å². The second kappa shape index (κ2) is 10.1. The lowest BCUT2D eigenvalue weighted by Gasteiger charge is -2.20. The van der Waals surface area contributed by atoms with E-state index in [-0.39, 0.29) is 6.10 Å². The molecule has 1 heterocycles. The van der Waals surface area contributed by atoms with Crippen LogP contribution >= 0.6 is 11.6 Å². The third-order valence-electron chi connectivity index (χ3n) is 3.91. The van der Waals surface area contributed by atoms with Crippen LogP contribution in [0.4, 0.5) is 0 Å². The number of hydrogen-bond donors (Lipinski definition) is 2. The van der Waals surface area contributed by atoms with Crippen LogP contribution in [-0.4, -0.2) is 30.8 Å². The molecule has 1 atom stereocenters. The van der Waals surface area contributed by atoms with Gasteiger partial charge in [0.1, 0.15) is 11.9 Å². The minimum atomic E-state index is -0.0220. The Hall–Kier alpha value is -2.21. The first-order valence-electron chi connectivity index (χ1n) is 8.84. The maximum absolute atomic E-state index is 6.16. The highest BCUT2D eigenvalue weighted by Gasteiger charge is 2.12. The minimum absolute atomic E-state index is 0.0220. The molecule has 1 aromatic heterocycles. The minimum Gasteiger partial charge on any atom is -0.487 e. The molecule has 1 unspecified atom stereocenters. The molecular formula is C19H27ClN4O2. The van der Waals surface area contributed by atoms with E-state index in [2.05, 4.69) is 41.6 Å².